The number of rotatable bonds is 5. The molecule has 1 unspecified atom stereocenters. The number of ether oxygens (including phenoxy) is 2. The quantitative estimate of drug-likeness (QED) is 0.853. The van der Waals surface area contributed by atoms with Gasteiger partial charge in [-0.2, -0.15) is 0 Å². The van der Waals surface area contributed by atoms with Crippen molar-refractivity contribution in [1.82, 2.24) is 0 Å². The lowest BCUT2D eigenvalue weighted by Gasteiger charge is -2.12. The van der Waals surface area contributed by atoms with Crippen LogP contribution in [0, 0.1) is 6.92 Å². The highest BCUT2D eigenvalue weighted by atomic mass is 16.6. The van der Waals surface area contributed by atoms with E-state index in [4.69, 9.17) is 13.9 Å². The molecule has 0 aliphatic carbocycles. The fourth-order valence-corrected chi connectivity index (χ4v) is 2.50. The second-order valence-electron chi connectivity index (χ2n) is 5.69. The molecule has 24 heavy (non-hydrogen) atoms. The molecule has 6 heteroatoms. The Morgan fingerprint density at radius 3 is 2.92 bits per heavy atom. The third kappa shape index (κ3) is 3.83. The Morgan fingerprint density at radius 1 is 1.33 bits per heavy atom. The molecule has 3 rings (SSSR count). The number of benzene rings is 1. The predicted octanol–water partition coefficient (Wildman–Crippen LogP) is 3.18. The Balaban J connectivity index is 1.66. The molecule has 6 nitrogen and oxygen atoms in total. The SMILES string of the molecule is Cc1ccc(C(=O)OCC2CCCO2)cc1NC(=O)c1ccco1. The van der Waals surface area contributed by atoms with Crippen molar-refractivity contribution in [3.63, 3.8) is 0 Å². The molecule has 1 fully saturated rings. The molecule has 1 aliphatic heterocycles. The summed E-state index contributed by atoms with van der Waals surface area (Å²) in [5.41, 5.74) is 1.77. The smallest absolute Gasteiger partial charge is 0.338 e. The first-order valence-corrected chi connectivity index (χ1v) is 7.88. The lowest BCUT2D eigenvalue weighted by molar-refractivity contribution is 0.0161. The van der Waals surface area contributed by atoms with Crippen LogP contribution in [0.3, 0.4) is 0 Å². The molecule has 1 atom stereocenters. The summed E-state index contributed by atoms with van der Waals surface area (Å²) < 4.78 is 15.8. The van der Waals surface area contributed by atoms with Gasteiger partial charge in [-0.05, 0) is 49.6 Å². The topological polar surface area (TPSA) is 77.8 Å². The van der Waals surface area contributed by atoms with Crippen molar-refractivity contribution in [2.45, 2.75) is 25.9 Å². The second kappa shape index (κ2) is 7.31. The first-order chi connectivity index (χ1) is 11.6. The molecule has 0 bridgehead atoms. The summed E-state index contributed by atoms with van der Waals surface area (Å²) in [4.78, 5) is 24.2. The molecule has 1 saturated heterocycles. The predicted molar refractivity (Wildman–Crippen MR) is 87.1 cm³/mol. The molecule has 0 spiro atoms. The molecule has 1 aliphatic rings. The Hall–Kier alpha value is -2.60. The number of hydrogen-bond donors (Lipinski definition) is 1. The van der Waals surface area contributed by atoms with Gasteiger partial charge in [0.1, 0.15) is 6.61 Å². The van der Waals surface area contributed by atoms with Crippen LogP contribution in [0.5, 0.6) is 0 Å². The van der Waals surface area contributed by atoms with Gasteiger partial charge in [0.05, 0.1) is 17.9 Å². The van der Waals surface area contributed by atoms with Crippen molar-refractivity contribution < 1.29 is 23.5 Å². The zero-order valence-corrected chi connectivity index (χ0v) is 13.4. The average Bonchev–Trinajstić information content (AvgIpc) is 3.28. The number of anilines is 1. The van der Waals surface area contributed by atoms with Crippen LogP contribution in [0.1, 0.15) is 39.3 Å². The van der Waals surface area contributed by atoms with Crippen LogP contribution in [0.15, 0.2) is 41.0 Å². The highest BCUT2D eigenvalue weighted by Gasteiger charge is 2.19. The molecule has 1 amide bonds. The summed E-state index contributed by atoms with van der Waals surface area (Å²) in [6.07, 6.45) is 3.32. The van der Waals surface area contributed by atoms with Crippen LogP contribution in [-0.2, 0) is 9.47 Å². The van der Waals surface area contributed by atoms with Gasteiger partial charge in [-0.1, -0.05) is 6.07 Å². The van der Waals surface area contributed by atoms with E-state index in [-0.39, 0.29) is 24.4 Å². The Bertz CT molecular complexity index is 717. The molecule has 0 saturated carbocycles. The van der Waals surface area contributed by atoms with Gasteiger partial charge >= 0.3 is 5.97 Å². The van der Waals surface area contributed by atoms with Gasteiger partial charge in [0.25, 0.3) is 5.91 Å². The van der Waals surface area contributed by atoms with E-state index in [0.29, 0.717) is 11.3 Å². The van der Waals surface area contributed by atoms with Gasteiger partial charge in [0.15, 0.2) is 5.76 Å². The maximum atomic E-state index is 12.2. The second-order valence-corrected chi connectivity index (χ2v) is 5.69. The van der Waals surface area contributed by atoms with Crippen molar-refractivity contribution in [2.75, 3.05) is 18.5 Å². The Morgan fingerprint density at radius 2 is 2.21 bits per heavy atom. The number of hydrogen-bond acceptors (Lipinski definition) is 5. The van der Waals surface area contributed by atoms with E-state index < -0.39 is 5.97 Å². The lowest BCUT2D eigenvalue weighted by Crippen LogP contribution is -2.18. The van der Waals surface area contributed by atoms with Gasteiger partial charge in [-0.3, -0.25) is 4.79 Å². The minimum absolute atomic E-state index is 0.0162. The van der Waals surface area contributed by atoms with E-state index in [9.17, 15) is 9.59 Å². The van der Waals surface area contributed by atoms with E-state index in [0.717, 1.165) is 25.0 Å². The molecule has 0 radical (unpaired) electrons. The molecule has 1 aromatic heterocycles. The fourth-order valence-electron chi connectivity index (χ4n) is 2.50. The fraction of sp³-hybridized carbons (Fsp3) is 0.333. The van der Waals surface area contributed by atoms with Crippen molar-refractivity contribution in [2.24, 2.45) is 0 Å². The van der Waals surface area contributed by atoms with Crippen LogP contribution in [0.4, 0.5) is 5.69 Å². The van der Waals surface area contributed by atoms with E-state index in [1.54, 1.807) is 30.3 Å². The maximum Gasteiger partial charge on any atom is 0.338 e. The monoisotopic (exact) mass is 329 g/mol. The van der Waals surface area contributed by atoms with Crippen LogP contribution in [0.25, 0.3) is 0 Å². The number of carbonyl (C=O) groups is 2. The van der Waals surface area contributed by atoms with E-state index in [2.05, 4.69) is 5.32 Å². The number of furan rings is 1. The normalized spacial score (nSPS) is 16.8. The zero-order chi connectivity index (χ0) is 16.9. The Labute approximate surface area is 139 Å². The van der Waals surface area contributed by atoms with Crippen LogP contribution < -0.4 is 5.32 Å². The van der Waals surface area contributed by atoms with Gasteiger partial charge in [0, 0.05) is 12.3 Å². The number of carbonyl (C=O) groups excluding carboxylic acids is 2. The highest BCUT2D eigenvalue weighted by Crippen LogP contribution is 2.19. The van der Waals surface area contributed by atoms with Crippen molar-refractivity contribution >= 4 is 17.6 Å². The molecule has 1 aromatic carbocycles. The van der Waals surface area contributed by atoms with Crippen LogP contribution in [0.2, 0.25) is 0 Å². The number of amides is 1. The van der Waals surface area contributed by atoms with E-state index in [1.165, 1.54) is 6.26 Å². The summed E-state index contributed by atoms with van der Waals surface area (Å²) >= 11 is 0. The largest absolute Gasteiger partial charge is 0.459 e. The van der Waals surface area contributed by atoms with Crippen molar-refractivity contribution in [1.29, 1.82) is 0 Å². The lowest BCUT2D eigenvalue weighted by atomic mass is 10.1. The summed E-state index contributed by atoms with van der Waals surface area (Å²) in [5, 5.41) is 2.74. The molecule has 2 heterocycles. The minimum Gasteiger partial charge on any atom is -0.459 e. The first-order valence-electron chi connectivity index (χ1n) is 7.88. The van der Waals surface area contributed by atoms with Gasteiger partial charge < -0.3 is 19.2 Å². The summed E-state index contributed by atoms with van der Waals surface area (Å²) in [5.74, 6) is -0.590. The molecular weight excluding hydrogens is 310 g/mol. The molecule has 2 aromatic rings. The average molecular weight is 329 g/mol. The molecule has 126 valence electrons. The highest BCUT2D eigenvalue weighted by molar-refractivity contribution is 6.03. The number of esters is 1. The number of nitrogens with one attached hydrogen (secondary N) is 1. The van der Waals surface area contributed by atoms with Gasteiger partial charge in [-0.15, -0.1) is 0 Å². The third-order valence-electron chi connectivity index (χ3n) is 3.89. The minimum atomic E-state index is -0.431. The summed E-state index contributed by atoms with van der Waals surface area (Å²) in [7, 11) is 0. The van der Waals surface area contributed by atoms with E-state index in [1.807, 2.05) is 6.92 Å². The first kappa shape index (κ1) is 16.3. The van der Waals surface area contributed by atoms with Crippen LogP contribution in [-0.4, -0.2) is 31.2 Å². The molecular formula is C18H19NO5. The maximum absolute atomic E-state index is 12.2. The Kier molecular flexibility index (Phi) is 4.96. The summed E-state index contributed by atoms with van der Waals surface area (Å²) in [6, 6.07) is 8.26. The number of aryl methyl sites for hydroxylation is 1. The van der Waals surface area contributed by atoms with Gasteiger partial charge in [0.2, 0.25) is 0 Å². The van der Waals surface area contributed by atoms with E-state index >= 15 is 0 Å². The molecule has 1 N–H and O–H groups in total. The standard InChI is InChI=1S/C18H19NO5/c1-12-6-7-13(18(21)24-11-14-4-2-8-22-14)10-15(12)19-17(20)16-5-3-9-23-16/h3,5-7,9-10,14H,2,4,8,11H2,1H3,(H,19,20). The van der Waals surface area contributed by atoms with Crippen molar-refractivity contribution in [3.8, 4) is 0 Å². The zero-order valence-electron chi connectivity index (χ0n) is 13.4. The van der Waals surface area contributed by atoms with Crippen LogP contribution >= 0.6 is 0 Å². The van der Waals surface area contributed by atoms with Gasteiger partial charge in [-0.25, -0.2) is 4.79 Å². The third-order valence-corrected chi connectivity index (χ3v) is 3.89. The summed E-state index contributed by atoms with van der Waals surface area (Å²) in [6.45, 7) is 2.82. The van der Waals surface area contributed by atoms with Crippen molar-refractivity contribution in [3.05, 3.63) is 53.5 Å².